The van der Waals surface area contributed by atoms with Crippen molar-refractivity contribution in [2.24, 2.45) is 0 Å². The predicted octanol–water partition coefficient (Wildman–Crippen LogP) is 2.18. The molecule has 18 heavy (non-hydrogen) atoms. The first-order valence-corrected chi connectivity index (χ1v) is 7.00. The Morgan fingerprint density at radius 1 is 1.61 bits per heavy atom. The standard InChI is InChI=1S/C12H18BrN3O2/c1-8(2)16-12(17)11(13)10(6-14-16)15-9-4-3-5-18-7-9/h6,8-9,15H,3-5,7H2,1-2H3. The normalized spacial score (nSPS) is 20.1. The molecule has 1 aromatic heterocycles. The van der Waals surface area contributed by atoms with Crippen LogP contribution in [0.1, 0.15) is 32.7 Å². The minimum Gasteiger partial charge on any atom is -0.379 e. The molecular weight excluding hydrogens is 298 g/mol. The van der Waals surface area contributed by atoms with E-state index >= 15 is 0 Å². The maximum atomic E-state index is 12.1. The largest absolute Gasteiger partial charge is 0.379 e. The van der Waals surface area contributed by atoms with Crippen LogP contribution in [0.15, 0.2) is 15.5 Å². The van der Waals surface area contributed by atoms with E-state index in [2.05, 4.69) is 26.3 Å². The molecule has 2 rings (SSSR count). The first-order valence-electron chi connectivity index (χ1n) is 6.21. The van der Waals surface area contributed by atoms with E-state index in [1.165, 1.54) is 4.68 Å². The summed E-state index contributed by atoms with van der Waals surface area (Å²) in [6, 6.07) is 0.312. The van der Waals surface area contributed by atoms with Crippen molar-refractivity contribution in [3.63, 3.8) is 0 Å². The Kier molecular flexibility index (Phi) is 4.40. The van der Waals surface area contributed by atoms with Gasteiger partial charge in [0.2, 0.25) is 0 Å². The molecule has 1 fully saturated rings. The third-order valence-electron chi connectivity index (χ3n) is 2.95. The summed E-state index contributed by atoms with van der Waals surface area (Å²) < 4.78 is 7.41. The fourth-order valence-corrected chi connectivity index (χ4v) is 2.39. The number of aromatic nitrogens is 2. The summed E-state index contributed by atoms with van der Waals surface area (Å²) in [6.45, 7) is 5.37. The lowest BCUT2D eigenvalue weighted by atomic mass is 10.1. The topological polar surface area (TPSA) is 56.1 Å². The van der Waals surface area contributed by atoms with Gasteiger partial charge < -0.3 is 10.1 Å². The number of rotatable bonds is 3. The molecule has 6 heteroatoms. The van der Waals surface area contributed by atoms with Gasteiger partial charge in [0.15, 0.2) is 0 Å². The Balaban J connectivity index is 2.19. The van der Waals surface area contributed by atoms with Gasteiger partial charge in [0, 0.05) is 12.6 Å². The molecule has 1 aliphatic heterocycles. The maximum absolute atomic E-state index is 12.1. The third-order valence-corrected chi connectivity index (χ3v) is 3.72. The molecule has 0 spiro atoms. The van der Waals surface area contributed by atoms with Gasteiger partial charge in [-0.05, 0) is 42.6 Å². The van der Waals surface area contributed by atoms with Gasteiger partial charge in [0.1, 0.15) is 4.47 Å². The van der Waals surface area contributed by atoms with Crippen LogP contribution in [0.4, 0.5) is 5.69 Å². The molecule has 1 saturated heterocycles. The summed E-state index contributed by atoms with van der Waals surface area (Å²) in [5.41, 5.74) is 0.638. The summed E-state index contributed by atoms with van der Waals surface area (Å²) in [5.74, 6) is 0. The second-order valence-corrected chi connectivity index (χ2v) is 5.57. The highest BCUT2D eigenvalue weighted by Gasteiger charge is 2.17. The first kappa shape index (κ1) is 13.5. The second-order valence-electron chi connectivity index (χ2n) is 4.77. The summed E-state index contributed by atoms with van der Waals surface area (Å²) in [5, 5.41) is 7.48. The monoisotopic (exact) mass is 315 g/mol. The van der Waals surface area contributed by atoms with Crippen molar-refractivity contribution in [3.05, 3.63) is 21.0 Å². The van der Waals surface area contributed by atoms with Gasteiger partial charge in [-0.2, -0.15) is 5.10 Å². The van der Waals surface area contributed by atoms with Crippen LogP contribution in [0.2, 0.25) is 0 Å². The highest BCUT2D eigenvalue weighted by atomic mass is 79.9. The number of halogens is 1. The Hall–Kier alpha value is -0.880. The van der Waals surface area contributed by atoms with Crippen LogP contribution in [-0.4, -0.2) is 29.0 Å². The predicted molar refractivity (Wildman–Crippen MR) is 74.0 cm³/mol. The quantitative estimate of drug-likeness (QED) is 0.929. The zero-order chi connectivity index (χ0) is 13.1. The van der Waals surface area contributed by atoms with E-state index < -0.39 is 0 Å². The van der Waals surface area contributed by atoms with Crippen LogP contribution in [0.3, 0.4) is 0 Å². The van der Waals surface area contributed by atoms with Gasteiger partial charge in [0.25, 0.3) is 5.56 Å². The number of ether oxygens (including phenoxy) is 1. The summed E-state index contributed by atoms with van der Waals surface area (Å²) in [7, 11) is 0. The number of hydrogen-bond donors (Lipinski definition) is 1. The number of anilines is 1. The average molecular weight is 316 g/mol. The molecule has 1 atom stereocenters. The smallest absolute Gasteiger partial charge is 0.283 e. The zero-order valence-electron chi connectivity index (χ0n) is 10.6. The van der Waals surface area contributed by atoms with Crippen LogP contribution >= 0.6 is 15.9 Å². The lowest BCUT2D eigenvalue weighted by Gasteiger charge is -2.24. The number of nitrogens with zero attached hydrogens (tertiary/aromatic N) is 2. The third kappa shape index (κ3) is 2.92. The van der Waals surface area contributed by atoms with Crippen LogP contribution in [0.25, 0.3) is 0 Å². The number of hydrogen-bond acceptors (Lipinski definition) is 4. The molecule has 2 heterocycles. The van der Waals surface area contributed by atoms with Gasteiger partial charge in [-0.3, -0.25) is 4.79 Å². The van der Waals surface area contributed by atoms with Gasteiger partial charge in [-0.25, -0.2) is 4.68 Å². The van der Waals surface area contributed by atoms with Crippen molar-refractivity contribution in [2.45, 2.75) is 38.8 Å². The average Bonchev–Trinajstić information content (AvgIpc) is 2.36. The highest BCUT2D eigenvalue weighted by molar-refractivity contribution is 9.10. The minimum atomic E-state index is -0.105. The molecule has 1 aliphatic rings. The molecule has 0 radical (unpaired) electrons. The molecule has 1 unspecified atom stereocenters. The molecule has 0 saturated carbocycles. The Morgan fingerprint density at radius 2 is 2.39 bits per heavy atom. The highest BCUT2D eigenvalue weighted by Crippen LogP contribution is 2.20. The molecular formula is C12H18BrN3O2. The lowest BCUT2D eigenvalue weighted by molar-refractivity contribution is 0.0876. The SMILES string of the molecule is CC(C)n1ncc(NC2CCCOC2)c(Br)c1=O. The molecule has 0 amide bonds. The van der Waals surface area contributed by atoms with Crippen molar-refractivity contribution in [3.8, 4) is 0 Å². The molecule has 1 N–H and O–H groups in total. The molecule has 100 valence electrons. The van der Waals surface area contributed by atoms with E-state index in [1.54, 1.807) is 6.20 Å². The van der Waals surface area contributed by atoms with Crippen LogP contribution in [0, 0.1) is 0 Å². The van der Waals surface area contributed by atoms with Crippen molar-refractivity contribution < 1.29 is 4.74 Å². The second kappa shape index (κ2) is 5.84. The zero-order valence-corrected chi connectivity index (χ0v) is 12.2. The van der Waals surface area contributed by atoms with Crippen LogP contribution in [-0.2, 0) is 4.74 Å². The Labute approximate surface area is 115 Å². The summed E-state index contributed by atoms with van der Waals surface area (Å²) in [6.07, 6.45) is 3.80. The van der Waals surface area contributed by atoms with E-state index in [-0.39, 0.29) is 17.6 Å². The van der Waals surface area contributed by atoms with E-state index in [4.69, 9.17) is 4.74 Å². The molecule has 0 aromatic carbocycles. The van der Waals surface area contributed by atoms with Gasteiger partial charge in [-0.1, -0.05) is 0 Å². The van der Waals surface area contributed by atoms with Gasteiger partial charge >= 0.3 is 0 Å². The van der Waals surface area contributed by atoms with E-state index in [0.717, 1.165) is 25.1 Å². The maximum Gasteiger partial charge on any atom is 0.283 e. The van der Waals surface area contributed by atoms with Gasteiger partial charge in [-0.15, -0.1) is 0 Å². The number of nitrogens with one attached hydrogen (secondary N) is 1. The molecule has 1 aromatic rings. The van der Waals surface area contributed by atoms with Gasteiger partial charge in [0.05, 0.1) is 24.5 Å². The van der Waals surface area contributed by atoms with Crippen molar-refractivity contribution in [1.29, 1.82) is 0 Å². The van der Waals surface area contributed by atoms with Crippen molar-refractivity contribution in [1.82, 2.24) is 9.78 Å². The van der Waals surface area contributed by atoms with Crippen molar-refractivity contribution in [2.75, 3.05) is 18.5 Å². The van der Waals surface area contributed by atoms with Crippen LogP contribution in [0.5, 0.6) is 0 Å². The summed E-state index contributed by atoms with van der Waals surface area (Å²) in [4.78, 5) is 12.1. The molecule has 0 bridgehead atoms. The van der Waals surface area contributed by atoms with Crippen molar-refractivity contribution >= 4 is 21.6 Å². The molecule has 5 nitrogen and oxygen atoms in total. The van der Waals surface area contributed by atoms with E-state index in [9.17, 15) is 4.79 Å². The van der Waals surface area contributed by atoms with Crippen LogP contribution < -0.4 is 10.9 Å². The summed E-state index contributed by atoms with van der Waals surface area (Å²) >= 11 is 3.35. The lowest BCUT2D eigenvalue weighted by Crippen LogP contribution is -2.32. The van der Waals surface area contributed by atoms with E-state index in [1.807, 2.05) is 13.8 Å². The first-order chi connectivity index (χ1) is 8.59. The molecule has 0 aliphatic carbocycles. The Bertz CT molecular complexity index is 467. The fourth-order valence-electron chi connectivity index (χ4n) is 1.99. The Morgan fingerprint density at radius 3 is 3.00 bits per heavy atom. The fraction of sp³-hybridized carbons (Fsp3) is 0.667. The van der Waals surface area contributed by atoms with E-state index in [0.29, 0.717) is 11.1 Å². The minimum absolute atomic E-state index is 0.0564.